The predicted octanol–water partition coefficient (Wildman–Crippen LogP) is 3.85. The zero-order valence-corrected chi connectivity index (χ0v) is 20.0. The number of ether oxygens (including phenoxy) is 1. The highest BCUT2D eigenvalue weighted by atomic mass is 32.2. The van der Waals surface area contributed by atoms with Crippen molar-refractivity contribution in [1.82, 2.24) is 14.9 Å². The lowest BCUT2D eigenvalue weighted by Gasteiger charge is -2.34. The van der Waals surface area contributed by atoms with Gasteiger partial charge in [-0.15, -0.1) is 0 Å². The van der Waals surface area contributed by atoms with Crippen LogP contribution in [0.5, 0.6) is 5.88 Å². The number of thioether (sulfide) groups is 1. The van der Waals surface area contributed by atoms with Gasteiger partial charge in [0.2, 0.25) is 11.8 Å². The molecule has 2 aliphatic rings. The molecule has 1 aromatic carbocycles. The number of amidine groups is 1. The molecule has 0 radical (unpaired) electrons. The molecule has 7 nitrogen and oxygen atoms in total. The molecule has 1 aliphatic carbocycles. The van der Waals surface area contributed by atoms with Gasteiger partial charge >= 0.3 is 0 Å². The predicted molar refractivity (Wildman–Crippen MR) is 125 cm³/mol. The molecule has 2 heterocycles. The van der Waals surface area contributed by atoms with E-state index in [0.29, 0.717) is 12.0 Å². The number of nitrogens with zero attached hydrogens (tertiary/aromatic N) is 4. The Morgan fingerprint density at radius 3 is 2.71 bits per heavy atom. The van der Waals surface area contributed by atoms with E-state index in [1.54, 1.807) is 21.0 Å². The normalized spacial score (nSPS) is 25.7. The summed E-state index contributed by atoms with van der Waals surface area (Å²) >= 11 is 1.20. The summed E-state index contributed by atoms with van der Waals surface area (Å²) in [6.07, 6.45) is 1.04. The fraction of sp³-hybridized carbons (Fsp3) is 0.391. The summed E-state index contributed by atoms with van der Waals surface area (Å²) in [6, 6.07) is 4.07. The summed E-state index contributed by atoms with van der Waals surface area (Å²) in [5, 5.41) is 0.187. The smallest absolute Gasteiger partial charge is 0.272 e. The highest BCUT2D eigenvalue weighted by Gasteiger charge is 2.71. The van der Waals surface area contributed by atoms with E-state index < -0.39 is 35.0 Å². The van der Waals surface area contributed by atoms with Crippen LogP contribution in [0.1, 0.15) is 30.2 Å². The molecule has 12 heteroatoms. The first-order chi connectivity index (χ1) is 16.5. The lowest BCUT2D eigenvalue weighted by molar-refractivity contribution is -0.129. The molecule has 1 aromatic heterocycles. The Morgan fingerprint density at radius 2 is 2.09 bits per heavy atom. The molecule has 1 fully saturated rings. The number of fused-ring (bicyclic) bond motifs is 1. The number of rotatable bonds is 7. The van der Waals surface area contributed by atoms with Gasteiger partial charge in [0.25, 0.3) is 6.43 Å². The first-order valence-corrected chi connectivity index (χ1v) is 11.4. The lowest BCUT2D eigenvalue weighted by Crippen LogP contribution is -2.43. The van der Waals surface area contributed by atoms with Crippen molar-refractivity contribution in [3.05, 3.63) is 53.2 Å². The summed E-state index contributed by atoms with van der Waals surface area (Å²) in [5.41, 5.74) is 5.32. The Hall–Kier alpha value is -3.15. The van der Waals surface area contributed by atoms with E-state index in [0.717, 1.165) is 18.5 Å². The summed E-state index contributed by atoms with van der Waals surface area (Å²) in [6.45, 7) is 0.873. The zero-order chi connectivity index (χ0) is 25.5. The first-order valence-electron chi connectivity index (χ1n) is 10.6. The van der Waals surface area contributed by atoms with E-state index >= 15 is 4.39 Å². The summed E-state index contributed by atoms with van der Waals surface area (Å²) in [4.78, 5) is 26.5. The summed E-state index contributed by atoms with van der Waals surface area (Å²) < 4.78 is 58.3. The van der Waals surface area contributed by atoms with Crippen molar-refractivity contribution in [3.63, 3.8) is 0 Å². The second-order valence-corrected chi connectivity index (χ2v) is 10.1. The van der Waals surface area contributed by atoms with Gasteiger partial charge in [-0.05, 0) is 37.1 Å². The fourth-order valence-electron chi connectivity index (χ4n) is 4.34. The summed E-state index contributed by atoms with van der Waals surface area (Å²) in [7, 11) is 3.31. The van der Waals surface area contributed by atoms with Crippen molar-refractivity contribution in [3.8, 4) is 5.88 Å². The molecule has 1 aliphatic heterocycles. The Labute approximate surface area is 203 Å². The molecule has 186 valence electrons. The second-order valence-electron chi connectivity index (χ2n) is 8.72. The molecule has 35 heavy (non-hydrogen) atoms. The monoisotopic (exact) mass is 509 g/mol. The van der Waals surface area contributed by atoms with Crippen LogP contribution >= 0.6 is 11.8 Å². The number of alkyl halides is 2. The molecule has 0 unspecified atom stereocenters. The van der Waals surface area contributed by atoms with Crippen molar-refractivity contribution in [2.24, 2.45) is 16.6 Å². The quantitative estimate of drug-likeness (QED) is 0.570. The minimum absolute atomic E-state index is 0.112. The van der Waals surface area contributed by atoms with Crippen LogP contribution in [0.25, 0.3) is 11.9 Å². The molecule has 2 aromatic rings. The van der Waals surface area contributed by atoms with E-state index in [1.807, 2.05) is 0 Å². The van der Waals surface area contributed by atoms with Crippen LogP contribution in [0.15, 0.2) is 35.6 Å². The van der Waals surface area contributed by atoms with Crippen molar-refractivity contribution in [2.75, 3.05) is 20.7 Å². The van der Waals surface area contributed by atoms with Crippen molar-refractivity contribution in [1.29, 1.82) is 0 Å². The minimum Gasteiger partial charge on any atom is -0.470 e. The van der Waals surface area contributed by atoms with E-state index in [2.05, 4.69) is 15.0 Å². The standard InChI is InChI=1S/C23H23F4N5O2S/c1-22(17-8-23(17,20(33)32(2)3)35-21(28)31-22)13-6-12(4-5-14(13)24)7-15(25)16-9-30-19(10-29-16)34-11-18(26)27/h4-7,9-10,17-18H,8,11H2,1-3H3,(H2,28,31)/b15-7-/t17-,22+,23-/m0/s1. The molecule has 2 N–H and O–H groups in total. The average Bonchev–Trinajstić information content (AvgIpc) is 3.55. The largest absolute Gasteiger partial charge is 0.470 e. The van der Waals surface area contributed by atoms with Gasteiger partial charge in [0.15, 0.2) is 17.6 Å². The third-order valence-electron chi connectivity index (χ3n) is 6.05. The topological polar surface area (TPSA) is 93.7 Å². The van der Waals surface area contributed by atoms with Crippen LogP contribution in [0, 0.1) is 11.7 Å². The van der Waals surface area contributed by atoms with Crippen molar-refractivity contribution in [2.45, 2.75) is 30.1 Å². The number of carbonyl (C=O) groups excluding carboxylic acids is 1. The molecule has 0 spiro atoms. The van der Waals surface area contributed by atoms with Crippen molar-refractivity contribution < 1.29 is 27.1 Å². The van der Waals surface area contributed by atoms with E-state index in [4.69, 9.17) is 10.5 Å². The van der Waals surface area contributed by atoms with Crippen LogP contribution in [0.4, 0.5) is 17.6 Å². The number of hydrogen-bond donors (Lipinski definition) is 1. The van der Waals surface area contributed by atoms with Gasteiger partial charge in [0, 0.05) is 25.6 Å². The van der Waals surface area contributed by atoms with Gasteiger partial charge < -0.3 is 15.4 Å². The minimum atomic E-state index is -2.67. The number of nitrogens with two attached hydrogens (primary N) is 1. The van der Waals surface area contributed by atoms with Gasteiger partial charge in [0.1, 0.15) is 16.3 Å². The molecule has 4 rings (SSSR count). The Morgan fingerprint density at radius 1 is 1.34 bits per heavy atom. The first kappa shape index (κ1) is 25.0. The maximum Gasteiger partial charge on any atom is 0.272 e. The number of halogens is 4. The number of amides is 1. The van der Waals surface area contributed by atoms with Gasteiger partial charge in [-0.1, -0.05) is 17.8 Å². The zero-order valence-electron chi connectivity index (χ0n) is 19.1. The van der Waals surface area contributed by atoms with Crippen LogP contribution in [-0.2, 0) is 10.3 Å². The number of carbonyl (C=O) groups is 1. The molecule has 0 bridgehead atoms. The third kappa shape index (κ3) is 4.71. The van der Waals surface area contributed by atoms with Gasteiger partial charge in [-0.25, -0.2) is 27.5 Å². The number of aliphatic imine (C=N–C) groups is 1. The van der Waals surface area contributed by atoms with Gasteiger partial charge in [0.05, 0.1) is 17.9 Å². The third-order valence-corrected chi connectivity index (χ3v) is 7.34. The molecule has 3 atom stereocenters. The van der Waals surface area contributed by atoms with Crippen LogP contribution in [-0.4, -0.2) is 57.8 Å². The average molecular weight is 510 g/mol. The molecule has 1 amide bonds. The maximum atomic E-state index is 15.0. The fourth-order valence-corrected chi connectivity index (χ4v) is 5.84. The van der Waals surface area contributed by atoms with Gasteiger partial charge in [-0.2, -0.15) is 0 Å². The molecule has 0 saturated heterocycles. The summed E-state index contributed by atoms with van der Waals surface area (Å²) in [5.74, 6) is -1.88. The lowest BCUT2D eigenvalue weighted by atomic mass is 9.84. The number of hydrogen-bond acceptors (Lipinski definition) is 7. The Kier molecular flexibility index (Phi) is 6.52. The second kappa shape index (κ2) is 9.14. The van der Waals surface area contributed by atoms with Crippen LogP contribution in [0.3, 0.4) is 0 Å². The maximum absolute atomic E-state index is 15.0. The Balaban J connectivity index is 1.63. The number of benzene rings is 1. The molecule has 1 saturated carbocycles. The van der Waals surface area contributed by atoms with E-state index in [-0.39, 0.29) is 34.1 Å². The molecular formula is C23H23F4N5O2S. The molecular weight excluding hydrogens is 486 g/mol. The SMILES string of the molecule is CN(C)C(=O)[C@]12C[C@H]1[C@@](C)(c1cc(/C=C(\F)c3cnc(OCC(F)F)cn3)ccc1F)N=C(N)S2. The van der Waals surface area contributed by atoms with Crippen LogP contribution < -0.4 is 10.5 Å². The van der Waals surface area contributed by atoms with Crippen LogP contribution in [0.2, 0.25) is 0 Å². The highest BCUT2D eigenvalue weighted by molar-refractivity contribution is 8.15. The Bertz CT molecular complexity index is 1210. The van der Waals surface area contributed by atoms with E-state index in [1.165, 1.54) is 34.9 Å². The van der Waals surface area contributed by atoms with E-state index in [9.17, 15) is 18.0 Å². The highest BCUT2D eigenvalue weighted by Crippen LogP contribution is 2.66. The number of aromatic nitrogens is 2. The van der Waals surface area contributed by atoms with Crippen molar-refractivity contribution >= 4 is 34.7 Å². The van der Waals surface area contributed by atoms with Gasteiger partial charge in [-0.3, -0.25) is 9.79 Å².